The fourth-order valence-corrected chi connectivity index (χ4v) is 4.04. The molecule has 0 unspecified atom stereocenters. The first-order valence-electron chi connectivity index (χ1n) is 10.9. The Bertz CT molecular complexity index is 1190. The Kier molecular flexibility index (Phi) is 6.50. The van der Waals surface area contributed by atoms with Crippen molar-refractivity contribution < 1.29 is 23.0 Å². The number of rotatable bonds is 7. The molecule has 0 radical (unpaired) electrons. The van der Waals surface area contributed by atoms with Crippen LogP contribution in [0.2, 0.25) is 0 Å². The van der Waals surface area contributed by atoms with E-state index in [9.17, 15) is 18.8 Å². The number of fused-ring (bicyclic) bond motifs is 1. The Morgan fingerprint density at radius 3 is 2.52 bits per heavy atom. The van der Waals surface area contributed by atoms with Gasteiger partial charge in [0, 0.05) is 17.1 Å². The molecule has 1 amide bonds. The number of benzene rings is 2. The molecule has 0 bridgehead atoms. The molecular formula is C25H25F2N3O3. The monoisotopic (exact) mass is 453 g/mol. The summed E-state index contributed by atoms with van der Waals surface area (Å²) in [7, 11) is 0. The van der Waals surface area contributed by atoms with E-state index in [0.29, 0.717) is 22.4 Å². The summed E-state index contributed by atoms with van der Waals surface area (Å²) in [6, 6.07) is 14.9. The molecule has 4 rings (SSSR count). The van der Waals surface area contributed by atoms with Crippen LogP contribution in [0.5, 0.6) is 5.75 Å². The summed E-state index contributed by atoms with van der Waals surface area (Å²) in [4.78, 5) is 11.9. The first kappa shape index (κ1) is 22.6. The lowest BCUT2D eigenvalue weighted by Gasteiger charge is -2.30. The van der Waals surface area contributed by atoms with Crippen molar-refractivity contribution in [3.63, 3.8) is 0 Å². The van der Waals surface area contributed by atoms with Crippen molar-refractivity contribution in [2.75, 3.05) is 11.9 Å². The number of nitrogens with one attached hydrogen (secondary N) is 1. The van der Waals surface area contributed by atoms with Gasteiger partial charge in [-0.1, -0.05) is 12.1 Å². The van der Waals surface area contributed by atoms with Crippen LogP contribution in [-0.2, 0) is 4.74 Å². The number of carbonyl (C=O) groups is 1. The van der Waals surface area contributed by atoms with Crippen LogP contribution in [0.1, 0.15) is 44.7 Å². The average molecular weight is 453 g/mol. The molecule has 33 heavy (non-hydrogen) atoms. The van der Waals surface area contributed by atoms with Gasteiger partial charge in [-0.2, -0.15) is 5.26 Å². The van der Waals surface area contributed by atoms with Crippen molar-refractivity contribution >= 4 is 22.7 Å². The summed E-state index contributed by atoms with van der Waals surface area (Å²) in [5.41, 5.74) is 3.53. The first-order valence-corrected chi connectivity index (χ1v) is 10.9. The zero-order chi connectivity index (χ0) is 23.5. The Morgan fingerprint density at radius 2 is 1.94 bits per heavy atom. The highest BCUT2D eigenvalue weighted by Gasteiger charge is 2.28. The van der Waals surface area contributed by atoms with Gasteiger partial charge in [-0.15, -0.1) is 0 Å². The highest BCUT2D eigenvalue weighted by molar-refractivity contribution is 5.96. The molecule has 1 aliphatic rings. The molecule has 1 heterocycles. The van der Waals surface area contributed by atoms with Gasteiger partial charge in [-0.25, -0.2) is 13.6 Å². The third-order valence-electron chi connectivity index (χ3n) is 5.65. The van der Waals surface area contributed by atoms with Crippen molar-refractivity contribution in [1.82, 2.24) is 4.57 Å². The largest absolute Gasteiger partial charge is 0.488 e. The molecular weight excluding hydrogens is 428 g/mol. The van der Waals surface area contributed by atoms with Gasteiger partial charge < -0.3 is 14.0 Å². The number of halogens is 2. The van der Waals surface area contributed by atoms with Crippen LogP contribution in [0.3, 0.4) is 0 Å². The lowest BCUT2D eigenvalue weighted by molar-refractivity contribution is 0.0819. The van der Waals surface area contributed by atoms with Crippen LogP contribution in [-0.4, -0.2) is 29.8 Å². The number of alkyl halides is 2. The molecule has 0 aliphatic heterocycles. The van der Waals surface area contributed by atoms with E-state index in [0.717, 1.165) is 36.0 Å². The van der Waals surface area contributed by atoms with Gasteiger partial charge in [0.1, 0.15) is 18.4 Å². The van der Waals surface area contributed by atoms with Crippen molar-refractivity contribution in [2.24, 2.45) is 0 Å². The van der Waals surface area contributed by atoms with Crippen molar-refractivity contribution in [2.45, 2.75) is 51.7 Å². The molecule has 0 saturated heterocycles. The quantitative estimate of drug-likeness (QED) is 0.443. The fraction of sp³-hybridized carbons (Fsp3) is 0.360. The Balaban J connectivity index is 1.74. The summed E-state index contributed by atoms with van der Waals surface area (Å²) in [6.45, 7) is 2.85. The number of carbonyl (C=O) groups excluding carboxylic acids is 1. The lowest BCUT2D eigenvalue weighted by atomic mass is 9.92. The summed E-state index contributed by atoms with van der Waals surface area (Å²) < 4.78 is 37.6. The van der Waals surface area contributed by atoms with E-state index >= 15 is 0 Å². The summed E-state index contributed by atoms with van der Waals surface area (Å²) in [6.07, 6.45) is -0.207. The number of ether oxygens (including phenoxy) is 2. The second-order valence-electron chi connectivity index (χ2n) is 8.33. The van der Waals surface area contributed by atoms with Crippen LogP contribution in [0.25, 0.3) is 22.2 Å². The van der Waals surface area contributed by atoms with Gasteiger partial charge >= 0.3 is 6.09 Å². The first-order chi connectivity index (χ1) is 15.9. The second-order valence-corrected chi connectivity index (χ2v) is 8.33. The van der Waals surface area contributed by atoms with Crippen LogP contribution >= 0.6 is 0 Å². The maximum atomic E-state index is 12.6. The van der Waals surface area contributed by atoms with Crippen molar-refractivity contribution in [1.29, 1.82) is 5.26 Å². The third-order valence-corrected chi connectivity index (χ3v) is 5.65. The molecule has 0 atom stereocenters. The highest BCUT2D eigenvalue weighted by atomic mass is 19.3. The molecule has 0 spiro atoms. The van der Waals surface area contributed by atoms with Gasteiger partial charge in [0.15, 0.2) is 0 Å². The van der Waals surface area contributed by atoms with Gasteiger partial charge in [0.2, 0.25) is 0 Å². The minimum absolute atomic E-state index is 0.227. The number of amides is 1. The predicted octanol–water partition coefficient (Wildman–Crippen LogP) is 6.51. The molecule has 1 fully saturated rings. The van der Waals surface area contributed by atoms with Crippen LogP contribution < -0.4 is 10.1 Å². The van der Waals surface area contributed by atoms with Gasteiger partial charge in [-0.3, -0.25) is 5.32 Å². The maximum Gasteiger partial charge on any atom is 0.411 e. The number of nitrogens with zero attached hydrogens (tertiary/aromatic N) is 2. The molecule has 3 aromatic rings. The molecule has 1 aromatic heterocycles. The van der Waals surface area contributed by atoms with Crippen LogP contribution in [0.4, 0.5) is 19.3 Å². The maximum absolute atomic E-state index is 12.6. The van der Waals surface area contributed by atoms with Gasteiger partial charge in [-0.05, 0) is 69.0 Å². The number of anilines is 1. The predicted molar refractivity (Wildman–Crippen MR) is 122 cm³/mol. The molecule has 172 valence electrons. The molecule has 8 heteroatoms. The minimum Gasteiger partial charge on any atom is -0.488 e. The summed E-state index contributed by atoms with van der Waals surface area (Å²) in [5.74, 6) is 0.305. The average Bonchev–Trinajstić information content (AvgIpc) is 3.04. The normalized spacial score (nSPS) is 13.7. The van der Waals surface area contributed by atoms with Gasteiger partial charge in [0.25, 0.3) is 6.43 Å². The van der Waals surface area contributed by atoms with E-state index in [-0.39, 0.29) is 12.1 Å². The zero-order valence-corrected chi connectivity index (χ0v) is 18.5. The van der Waals surface area contributed by atoms with Gasteiger partial charge in [0.05, 0.1) is 22.9 Å². The number of nitriles is 1. The van der Waals surface area contributed by atoms with Crippen molar-refractivity contribution in [3.05, 3.63) is 48.0 Å². The number of hydrogen-bond acceptors (Lipinski definition) is 4. The van der Waals surface area contributed by atoms with Crippen LogP contribution in [0, 0.1) is 11.3 Å². The highest BCUT2D eigenvalue weighted by Crippen LogP contribution is 2.43. The smallest absolute Gasteiger partial charge is 0.411 e. The Labute approximate surface area is 190 Å². The fourth-order valence-electron chi connectivity index (χ4n) is 4.04. The third kappa shape index (κ3) is 4.77. The summed E-state index contributed by atoms with van der Waals surface area (Å²) >= 11 is 0. The lowest BCUT2D eigenvalue weighted by Crippen LogP contribution is -2.18. The molecule has 1 saturated carbocycles. The molecule has 1 N–H and O–H groups in total. The Morgan fingerprint density at radius 1 is 1.21 bits per heavy atom. The van der Waals surface area contributed by atoms with Crippen LogP contribution in [0.15, 0.2) is 42.5 Å². The molecule has 2 aromatic carbocycles. The van der Waals surface area contributed by atoms with E-state index < -0.39 is 19.1 Å². The topological polar surface area (TPSA) is 76.3 Å². The van der Waals surface area contributed by atoms with E-state index in [1.54, 1.807) is 38.1 Å². The second kappa shape index (κ2) is 9.49. The number of hydrogen-bond donors (Lipinski definition) is 1. The molecule has 1 aliphatic carbocycles. The zero-order valence-electron chi connectivity index (χ0n) is 18.5. The van der Waals surface area contributed by atoms with Crippen molar-refractivity contribution in [3.8, 4) is 23.1 Å². The van der Waals surface area contributed by atoms with E-state index in [1.165, 1.54) is 0 Å². The van der Waals surface area contributed by atoms with E-state index in [4.69, 9.17) is 9.47 Å². The minimum atomic E-state index is -2.57. The standard InChI is InChI=1S/C25H25F2N3O3/c1-15(2)33-25(31)29-17-8-6-16(7-9-17)24-21(13-28)20-12-19(32-14-23(26)27)10-11-22(20)30(24)18-4-3-5-18/h6-12,15,18,23H,3-5,14H2,1-2H3,(H,29,31). The molecule has 6 nitrogen and oxygen atoms in total. The van der Waals surface area contributed by atoms with E-state index in [2.05, 4.69) is 16.0 Å². The van der Waals surface area contributed by atoms with E-state index in [1.807, 2.05) is 18.2 Å². The SMILES string of the molecule is CC(C)OC(=O)Nc1ccc(-c2c(C#N)c3cc(OCC(F)F)ccc3n2C2CCC2)cc1. The summed E-state index contributed by atoms with van der Waals surface area (Å²) in [5, 5.41) is 13.4. The Hall–Kier alpha value is -3.60. The number of aromatic nitrogens is 1.